The van der Waals surface area contributed by atoms with E-state index in [9.17, 15) is 9.59 Å². The first kappa shape index (κ1) is 13.8. The maximum Gasteiger partial charge on any atom is 0.246 e. The molecule has 0 radical (unpaired) electrons. The van der Waals surface area contributed by atoms with E-state index < -0.39 is 0 Å². The fourth-order valence-corrected chi connectivity index (χ4v) is 3.65. The molecular weight excluding hydrogens is 260 g/mol. The van der Waals surface area contributed by atoms with Crippen LogP contribution in [0.15, 0.2) is 0 Å². The zero-order valence-corrected chi connectivity index (χ0v) is 12.1. The van der Waals surface area contributed by atoms with E-state index in [2.05, 4.69) is 0 Å². The summed E-state index contributed by atoms with van der Waals surface area (Å²) in [6, 6.07) is -0.647. The van der Waals surface area contributed by atoms with Crippen molar-refractivity contribution < 1.29 is 19.1 Å². The van der Waals surface area contributed by atoms with Crippen LogP contribution in [-0.4, -0.2) is 72.2 Å². The maximum atomic E-state index is 12.6. The molecule has 112 valence electrons. The van der Waals surface area contributed by atoms with Gasteiger partial charge in [-0.05, 0) is 13.8 Å². The van der Waals surface area contributed by atoms with Gasteiger partial charge in [0.15, 0.2) is 0 Å². The molecule has 20 heavy (non-hydrogen) atoms. The van der Waals surface area contributed by atoms with Gasteiger partial charge in [0.1, 0.15) is 12.1 Å². The number of carbonyl (C=O) groups excluding carboxylic acids is 2. The Morgan fingerprint density at radius 2 is 1.30 bits per heavy atom. The van der Waals surface area contributed by atoms with Gasteiger partial charge in [-0.25, -0.2) is 0 Å². The molecule has 3 fully saturated rings. The van der Waals surface area contributed by atoms with Crippen molar-refractivity contribution in [2.45, 2.75) is 51.0 Å². The lowest BCUT2D eigenvalue weighted by Crippen LogP contribution is -2.60. The highest BCUT2D eigenvalue weighted by Crippen LogP contribution is 2.33. The van der Waals surface area contributed by atoms with Crippen LogP contribution in [0.25, 0.3) is 0 Å². The Kier molecular flexibility index (Phi) is 3.69. The first-order valence-corrected chi connectivity index (χ1v) is 7.49. The van der Waals surface area contributed by atoms with Crippen molar-refractivity contribution in [2.75, 3.05) is 26.3 Å². The summed E-state index contributed by atoms with van der Waals surface area (Å²) in [4.78, 5) is 28.5. The Hall–Kier alpha value is -1.14. The standard InChI is InChI=1S/C14H22N2O4/c1-3-19-9-5-11-13(17)16-8-10(20-4-2)6-12(16)14(18)15(11)7-9/h9-12H,3-8H2,1-2H3/t9-,10-,11-,12-/m1/s1. The Morgan fingerprint density at radius 1 is 0.900 bits per heavy atom. The molecule has 4 atom stereocenters. The van der Waals surface area contributed by atoms with Crippen LogP contribution in [0.1, 0.15) is 26.7 Å². The molecule has 0 aromatic carbocycles. The van der Waals surface area contributed by atoms with Crippen LogP contribution >= 0.6 is 0 Å². The van der Waals surface area contributed by atoms with Gasteiger partial charge in [0, 0.05) is 39.1 Å². The van der Waals surface area contributed by atoms with Gasteiger partial charge in [-0.3, -0.25) is 9.59 Å². The normalized spacial score (nSPS) is 36.5. The van der Waals surface area contributed by atoms with Gasteiger partial charge >= 0.3 is 0 Å². The summed E-state index contributed by atoms with van der Waals surface area (Å²) in [6.07, 6.45) is 1.25. The van der Waals surface area contributed by atoms with Gasteiger partial charge in [0.2, 0.25) is 11.8 Å². The van der Waals surface area contributed by atoms with Crippen LogP contribution in [0.3, 0.4) is 0 Å². The molecule has 6 heteroatoms. The molecule has 0 aromatic rings. The van der Waals surface area contributed by atoms with Gasteiger partial charge in [-0.1, -0.05) is 0 Å². The first-order chi connectivity index (χ1) is 9.65. The summed E-state index contributed by atoms with van der Waals surface area (Å²) in [6.45, 7) is 6.21. The van der Waals surface area contributed by atoms with Crippen LogP contribution in [0.4, 0.5) is 0 Å². The van der Waals surface area contributed by atoms with E-state index in [0.29, 0.717) is 39.1 Å². The van der Waals surface area contributed by atoms with E-state index in [-0.39, 0.29) is 36.1 Å². The van der Waals surface area contributed by atoms with Crippen LogP contribution in [-0.2, 0) is 19.1 Å². The number of carbonyl (C=O) groups is 2. The van der Waals surface area contributed by atoms with Crippen molar-refractivity contribution in [2.24, 2.45) is 0 Å². The fraction of sp³-hybridized carbons (Fsp3) is 0.857. The number of piperazine rings is 1. The van der Waals surface area contributed by atoms with Gasteiger partial charge in [0.25, 0.3) is 0 Å². The minimum Gasteiger partial charge on any atom is -0.377 e. The smallest absolute Gasteiger partial charge is 0.246 e. The first-order valence-electron chi connectivity index (χ1n) is 7.49. The topological polar surface area (TPSA) is 59.1 Å². The molecule has 6 nitrogen and oxygen atoms in total. The number of hydrogen-bond acceptors (Lipinski definition) is 4. The Bertz CT molecular complexity index is 348. The molecule has 0 saturated carbocycles. The predicted molar refractivity (Wildman–Crippen MR) is 71.1 cm³/mol. The third-order valence-corrected chi connectivity index (χ3v) is 4.47. The SMILES string of the molecule is CCO[C@@H]1C[C@@H]2C(=O)N3C[C@H](OCC)C[C@@H]3C(=O)N2C1. The van der Waals surface area contributed by atoms with Crippen LogP contribution < -0.4 is 0 Å². The van der Waals surface area contributed by atoms with Gasteiger partial charge in [-0.2, -0.15) is 0 Å². The zero-order chi connectivity index (χ0) is 14.3. The van der Waals surface area contributed by atoms with Crippen LogP contribution in [0, 0.1) is 0 Å². The van der Waals surface area contributed by atoms with Crippen molar-refractivity contribution in [1.29, 1.82) is 0 Å². The minimum atomic E-state index is -0.323. The molecular formula is C14H22N2O4. The Morgan fingerprint density at radius 3 is 1.65 bits per heavy atom. The van der Waals surface area contributed by atoms with E-state index in [1.165, 1.54) is 0 Å². The van der Waals surface area contributed by atoms with E-state index in [1.54, 1.807) is 9.80 Å². The molecule has 0 bridgehead atoms. The second-order valence-electron chi connectivity index (χ2n) is 5.64. The van der Waals surface area contributed by atoms with Crippen molar-refractivity contribution in [1.82, 2.24) is 9.80 Å². The van der Waals surface area contributed by atoms with Gasteiger partial charge in [0.05, 0.1) is 12.2 Å². The molecule has 3 heterocycles. The zero-order valence-electron chi connectivity index (χ0n) is 12.1. The van der Waals surface area contributed by atoms with Gasteiger partial charge in [-0.15, -0.1) is 0 Å². The van der Waals surface area contributed by atoms with E-state index in [1.807, 2.05) is 13.8 Å². The molecule has 3 aliphatic rings. The van der Waals surface area contributed by atoms with Crippen LogP contribution in [0.5, 0.6) is 0 Å². The molecule has 2 amide bonds. The summed E-state index contributed by atoms with van der Waals surface area (Å²) in [5.41, 5.74) is 0. The summed E-state index contributed by atoms with van der Waals surface area (Å²) < 4.78 is 11.2. The van der Waals surface area contributed by atoms with E-state index in [0.717, 1.165) is 0 Å². The average Bonchev–Trinajstić information content (AvgIpc) is 3.02. The summed E-state index contributed by atoms with van der Waals surface area (Å²) in [5.74, 6) is 0.137. The van der Waals surface area contributed by atoms with Crippen molar-refractivity contribution in [3.05, 3.63) is 0 Å². The third-order valence-electron chi connectivity index (χ3n) is 4.47. The van der Waals surface area contributed by atoms with Crippen molar-refractivity contribution in [3.8, 4) is 0 Å². The number of rotatable bonds is 4. The fourth-order valence-electron chi connectivity index (χ4n) is 3.65. The summed E-state index contributed by atoms with van der Waals surface area (Å²) in [7, 11) is 0. The molecule has 0 aliphatic carbocycles. The maximum absolute atomic E-state index is 12.6. The summed E-state index contributed by atoms with van der Waals surface area (Å²) >= 11 is 0. The summed E-state index contributed by atoms with van der Waals surface area (Å²) in [5, 5.41) is 0. The van der Waals surface area contributed by atoms with Crippen LogP contribution in [0.2, 0.25) is 0 Å². The number of fused-ring (bicyclic) bond motifs is 2. The predicted octanol–water partition coefficient (Wildman–Crippen LogP) is 0.0120. The van der Waals surface area contributed by atoms with Crippen molar-refractivity contribution >= 4 is 11.8 Å². The largest absolute Gasteiger partial charge is 0.377 e. The van der Waals surface area contributed by atoms with Crippen molar-refractivity contribution in [3.63, 3.8) is 0 Å². The number of ether oxygens (including phenoxy) is 2. The molecule has 3 rings (SSSR count). The molecule has 0 N–H and O–H groups in total. The van der Waals surface area contributed by atoms with E-state index >= 15 is 0 Å². The number of nitrogens with zero attached hydrogens (tertiary/aromatic N) is 2. The highest BCUT2D eigenvalue weighted by Gasteiger charge is 2.53. The molecule has 3 saturated heterocycles. The quantitative estimate of drug-likeness (QED) is 0.729. The highest BCUT2D eigenvalue weighted by atomic mass is 16.5. The molecule has 3 aliphatic heterocycles. The lowest BCUT2D eigenvalue weighted by molar-refractivity contribution is -0.157. The lowest BCUT2D eigenvalue weighted by atomic mass is 10.1. The van der Waals surface area contributed by atoms with Gasteiger partial charge < -0.3 is 19.3 Å². The molecule has 0 unspecified atom stereocenters. The molecule has 0 spiro atoms. The third kappa shape index (κ3) is 2.11. The second-order valence-corrected chi connectivity index (χ2v) is 5.64. The average molecular weight is 282 g/mol. The number of amides is 2. The second kappa shape index (κ2) is 5.33. The Labute approximate surface area is 119 Å². The Balaban J connectivity index is 1.75. The van der Waals surface area contributed by atoms with E-state index in [4.69, 9.17) is 9.47 Å². The minimum absolute atomic E-state index is 0.000570. The monoisotopic (exact) mass is 282 g/mol. The molecule has 0 aromatic heterocycles. The lowest BCUT2D eigenvalue weighted by Gasteiger charge is -2.38. The number of hydrogen-bond donors (Lipinski definition) is 0. The highest BCUT2D eigenvalue weighted by molar-refractivity contribution is 5.98.